The summed E-state index contributed by atoms with van der Waals surface area (Å²) in [4.78, 5) is 12.9. The zero-order valence-electron chi connectivity index (χ0n) is 19.1. The summed E-state index contributed by atoms with van der Waals surface area (Å²) < 4.78 is 39.1. The van der Waals surface area contributed by atoms with E-state index in [1.165, 1.54) is 29.6 Å². The maximum atomic E-state index is 13.4. The van der Waals surface area contributed by atoms with Crippen LogP contribution in [-0.4, -0.2) is 41.1 Å². The highest BCUT2D eigenvalue weighted by Gasteiger charge is 2.31. The number of hydrogen-bond donors (Lipinski definition) is 1. The number of nitrogens with zero attached hydrogens (tertiary/aromatic N) is 1. The molecule has 0 aliphatic carbocycles. The number of hydrogen-bond acceptors (Lipinski definition) is 5. The molecule has 7 nitrogen and oxygen atoms in total. The molecule has 178 valence electrons. The summed E-state index contributed by atoms with van der Waals surface area (Å²) >= 11 is 0. The predicted octanol–water partition coefficient (Wildman–Crippen LogP) is 3.78. The molecule has 3 aromatic rings. The molecule has 0 aromatic heterocycles. The molecule has 0 radical (unpaired) electrons. The second-order valence-electron chi connectivity index (χ2n) is 7.97. The average Bonchev–Trinajstić information content (AvgIpc) is 3.31. The lowest BCUT2D eigenvalue weighted by molar-refractivity contribution is 0.0931. The van der Waals surface area contributed by atoms with Gasteiger partial charge in [0.2, 0.25) is 0 Å². The molecular weight excluding hydrogens is 452 g/mol. The minimum atomic E-state index is -3.81. The Morgan fingerprint density at radius 2 is 1.79 bits per heavy atom. The van der Waals surface area contributed by atoms with Crippen LogP contribution in [0.15, 0.2) is 77.7 Å². The fraction of sp³-hybridized carbons (Fsp3) is 0.269. The van der Waals surface area contributed by atoms with E-state index in [4.69, 9.17) is 9.47 Å². The van der Waals surface area contributed by atoms with Crippen LogP contribution in [0.25, 0.3) is 0 Å². The summed E-state index contributed by atoms with van der Waals surface area (Å²) in [6.45, 7) is 1.78. The number of anilines is 1. The van der Waals surface area contributed by atoms with Gasteiger partial charge in [0.25, 0.3) is 15.9 Å². The van der Waals surface area contributed by atoms with Crippen molar-refractivity contribution in [2.75, 3.05) is 31.1 Å². The summed E-state index contributed by atoms with van der Waals surface area (Å²) in [6, 6.07) is 21.7. The second kappa shape index (κ2) is 10.7. The van der Waals surface area contributed by atoms with Crippen LogP contribution in [0, 0.1) is 0 Å². The van der Waals surface area contributed by atoms with Crippen molar-refractivity contribution in [1.29, 1.82) is 0 Å². The number of fused-ring (bicyclic) bond motifs is 1. The highest BCUT2D eigenvalue weighted by molar-refractivity contribution is 7.92. The van der Waals surface area contributed by atoms with E-state index >= 15 is 0 Å². The monoisotopic (exact) mass is 480 g/mol. The number of para-hydroxylation sites is 1. The van der Waals surface area contributed by atoms with Crippen LogP contribution in [0.4, 0.5) is 5.69 Å². The third kappa shape index (κ3) is 5.24. The van der Waals surface area contributed by atoms with Gasteiger partial charge in [0.15, 0.2) is 0 Å². The summed E-state index contributed by atoms with van der Waals surface area (Å²) in [6.07, 6.45) is 1.29. The molecule has 8 heteroatoms. The van der Waals surface area contributed by atoms with E-state index in [-0.39, 0.29) is 10.5 Å². The summed E-state index contributed by atoms with van der Waals surface area (Å²) in [5, 5.41) is 2.83. The van der Waals surface area contributed by atoms with Crippen LogP contribution in [0.1, 0.15) is 27.9 Å². The lowest BCUT2D eigenvalue weighted by Crippen LogP contribution is -2.30. The first kappa shape index (κ1) is 23.8. The fourth-order valence-electron chi connectivity index (χ4n) is 3.95. The topological polar surface area (TPSA) is 84.9 Å². The maximum absolute atomic E-state index is 13.4. The Kier molecular flexibility index (Phi) is 7.49. The highest BCUT2D eigenvalue weighted by atomic mass is 32.2. The molecule has 0 saturated carbocycles. The van der Waals surface area contributed by atoms with E-state index in [1.807, 2.05) is 48.5 Å². The van der Waals surface area contributed by atoms with Gasteiger partial charge in [0.05, 0.1) is 29.9 Å². The number of sulfonamides is 1. The van der Waals surface area contributed by atoms with Gasteiger partial charge in [-0.1, -0.05) is 48.5 Å². The van der Waals surface area contributed by atoms with Crippen LogP contribution in [0.3, 0.4) is 0 Å². The Labute approximate surface area is 200 Å². The number of benzene rings is 3. The Morgan fingerprint density at radius 3 is 2.59 bits per heavy atom. The van der Waals surface area contributed by atoms with Crippen LogP contribution >= 0.6 is 0 Å². The smallest absolute Gasteiger partial charge is 0.264 e. The summed E-state index contributed by atoms with van der Waals surface area (Å²) in [5.41, 5.74) is 2.95. The third-order valence-corrected chi connectivity index (χ3v) is 7.52. The zero-order chi connectivity index (χ0) is 24.0. The van der Waals surface area contributed by atoms with Crippen molar-refractivity contribution in [3.8, 4) is 5.75 Å². The van der Waals surface area contributed by atoms with Gasteiger partial charge in [-0.15, -0.1) is 0 Å². The van der Waals surface area contributed by atoms with Crippen molar-refractivity contribution in [1.82, 2.24) is 5.32 Å². The van der Waals surface area contributed by atoms with E-state index in [2.05, 4.69) is 5.32 Å². The van der Waals surface area contributed by atoms with Crippen molar-refractivity contribution < 1.29 is 22.7 Å². The molecule has 34 heavy (non-hydrogen) atoms. The standard InChI is InChI=1S/C26H28N2O5S/c1-32-25-13-12-22(34(30,31)28-16-14-21-10-5-6-11-24(21)28)18-23(25)26(29)27-15-7-17-33-19-20-8-3-2-4-9-20/h2-6,8-13,18H,7,14-17,19H2,1H3,(H,27,29). The van der Waals surface area contributed by atoms with Crippen LogP contribution in [-0.2, 0) is 27.8 Å². The predicted molar refractivity (Wildman–Crippen MR) is 131 cm³/mol. The van der Waals surface area contributed by atoms with Gasteiger partial charge in [-0.25, -0.2) is 8.42 Å². The first-order valence-corrected chi connectivity index (χ1v) is 12.6. The third-order valence-electron chi connectivity index (χ3n) is 5.71. The van der Waals surface area contributed by atoms with Gasteiger partial charge >= 0.3 is 0 Å². The number of carbonyl (C=O) groups excluding carboxylic acids is 1. The van der Waals surface area contributed by atoms with Gasteiger partial charge in [-0.05, 0) is 48.2 Å². The molecule has 0 unspecified atom stereocenters. The Bertz CT molecular complexity index is 1250. The highest BCUT2D eigenvalue weighted by Crippen LogP contribution is 2.33. The lowest BCUT2D eigenvalue weighted by atomic mass is 10.2. The molecule has 0 spiro atoms. The molecule has 3 aromatic carbocycles. The van der Waals surface area contributed by atoms with Gasteiger partial charge in [-0.3, -0.25) is 9.10 Å². The molecule has 0 bridgehead atoms. The number of rotatable bonds is 10. The van der Waals surface area contributed by atoms with Gasteiger partial charge in [0, 0.05) is 19.7 Å². The SMILES string of the molecule is COc1ccc(S(=O)(=O)N2CCc3ccccc32)cc1C(=O)NCCCOCc1ccccc1. The minimum absolute atomic E-state index is 0.0568. The lowest BCUT2D eigenvalue weighted by Gasteiger charge is -2.20. The Morgan fingerprint density at radius 1 is 1.03 bits per heavy atom. The molecule has 0 fully saturated rings. The van der Waals surface area contributed by atoms with Crippen molar-refractivity contribution in [2.45, 2.75) is 24.3 Å². The van der Waals surface area contributed by atoms with Gasteiger partial charge < -0.3 is 14.8 Å². The normalized spacial score (nSPS) is 12.9. The van der Waals surface area contributed by atoms with Gasteiger partial charge in [0.1, 0.15) is 5.75 Å². The molecule has 1 aliphatic heterocycles. The van der Waals surface area contributed by atoms with E-state index in [0.717, 1.165) is 11.1 Å². The van der Waals surface area contributed by atoms with E-state index in [9.17, 15) is 13.2 Å². The van der Waals surface area contributed by atoms with E-state index < -0.39 is 15.9 Å². The number of ether oxygens (including phenoxy) is 2. The first-order valence-electron chi connectivity index (χ1n) is 11.2. The second-order valence-corrected chi connectivity index (χ2v) is 9.83. The summed E-state index contributed by atoms with van der Waals surface area (Å²) in [7, 11) is -2.36. The summed E-state index contributed by atoms with van der Waals surface area (Å²) in [5.74, 6) is -0.0719. The molecule has 0 atom stereocenters. The van der Waals surface area contributed by atoms with Crippen LogP contribution in [0.5, 0.6) is 5.75 Å². The van der Waals surface area contributed by atoms with Crippen LogP contribution < -0.4 is 14.4 Å². The molecule has 1 N–H and O–H groups in total. The molecule has 1 amide bonds. The van der Waals surface area contributed by atoms with Crippen molar-refractivity contribution >= 4 is 21.6 Å². The molecule has 4 rings (SSSR count). The molecule has 1 heterocycles. The van der Waals surface area contributed by atoms with Crippen molar-refractivity contribution in [3.63, 3.8) is 0 Å². The molecule has 1 aliphatic rings. The van der Waals surface area contributed by atoms with E-state index in [0.29, 0.717) is 50.6 Å². The van der Waals surface area contributed by atoms with Crippen molar-refractivity contribution in [2.24, 2.45) is 0 Å². The number of methoxy groups -OCH3 is 1. The maximum Gasteiger partial charge on any atom is 0.264 e. The minimum Gasteiger partial charge on any atom is -0.496 e. The Balaban J connectivity index is 1.39. The quantitative estimate of drug-likeness (QED) is 0.447. The van der Waals surface area contributed by atoms with E-state index in [1.54, 1.807) is 6.07 Å². The number of nitrogens with one attached hydrogen (secondary N) is 1. The molecular formula is C26H28N2O5S. The average molecular weight is 481 g/mol. The number of amides is 1. The largest absolute Gasteiger partial charge is 0.496 e. The van der Waals surface area contributed by atoms with Gasteiger partial charge in [-0.2, -0.15) is 0 Å². The zero-order valence-corrected chi connectivity index (χ0v) is 19.9. The Hall–Kier alpha value is -3.36. The first-order chi connectivity index (χ1) is 16.5. The van der Waals surface area contributed by atoms with Crippen molar-refractivity contribution in [3.05, 3.63) is 89.5 Å². The van der Waals surface area contributed by atoms with Crippen LogP contribution in [0.2, 0.25) is 0 Å². The molecule has 0 saturated heterocycles. The number of carbonyl (C=O) groups is 1. The fourth-order valence-corrected chi connectivity index (χ4v) is 5.48.